The van der Waals surface area contributed by atoms with Crippen LogP contribution in [0.4, 0.5) is 5.69 Å². The zero-order chi connectivity index (χ0) is 21.9. The van der Waals surface area contributed by atoms with E-state index in [9.17, 15) is 9.59 Å². The molecule has 0 radical (unpaired) electrons. The van der Waals surface area contributed by atoms with Crippen LogP contribution >= 0.6 is 11.8 Å². The first-order valence-corrected chi connectivity index (χ1v) is 11.0. The second-order valence-corrected chi connectivity index (χ2v) is 8.30. The predicted octanol–water partition coefficient (Wildman–Crippen LogP) is 6.16. The highest BCUT2D eigenvalue weighted by Crippen LogP contribution is 2.33. The fourth-order valence-corrected chi connectivity index (χ4v) is 4.40. The van der Waals surface area contributed by atoms with E-state index in [0.29, 0.717) is 16.2 Å². The number of thioether (sulfide) groups is 1. The highest BCUT2D eigenvalue weighted by molar-refractivity contribution is 8.20. The van der Waals surface area contributed by atoms with Crippen molar-refractivity contribution < 1.29 is 9.59 Å². The number of ketones is 1. The highest BCUT2D eigenvalue weighted by Gasteiger charge is 2.31. The minimum Gasteiger partial charge on any atom is -0.286 e. The lowest BCUT2D eigenvalue weighted by Crippen LogP contribution is -2.33. The molecule has 0 aliphatic carbocycles. The number of Topliss-reactive ketones (excluding diaryl/α,β-unsaturated/α-hetero) is 1. The molecule has 1 heterocycles. The molecule has 0 fully saturated rings. The van der Waals surface area contributed by atoms with Gasteiger partial charge in [-0.05, 0) is 40.6 Å². The molecule has 1 aliphatic rings. The molecule has 0 atom stereocenters. The summed E-state index contributed by atoms with van der Waals surface area (Å²) in [5.74, 6) is -0.478. The first-order chi connectivity index (χ1) is 15.7. The van der Waals surface area contributed by atoms with E-state index in [1.165, 1.54) is 5.01 Å². The zero-order valence-corrected chi connectivity index (χ0v) is 17.8. The molecular weight excluding hydrogens is 416 g/mol. The average Bonchev–Trinajstić information content (AvgIpc) is 2.85. The van der Waals surface area contributed by atoms with Crippen LogP contribution < -0.4 is 5.01 Å². The fourth-order valence-electron chi connectivity index (χ4n) is 3.49. The van der Waals surface area contributed by atoms with Gasteiger partial charge in [-0.15, -0.1) is 0 Å². The number of benzene rings is 4. The Morgan fingerprint density at radius 2 is 1.44 bits per heavy atom. The number of hydrogen-bond acceptors (Lipinski definition) is 4. The summed E-state index contributed by atoms with van der Waals surface area (Å²) in [6.45, 7) is 0. The lowest BCUT2D eigenvalue weighted by Gasteiger charge is -2.24. The Balaban J connectivity index is 1.57. The van der Waals surface area contributed by atoms with Crippen molar-refractivity contribution in [2.45, 2.75) is 0 Å². The van der Waals surface area contributed by atoms with Crippen LogP contribution in [-0.4, -0.2) is 16.7 Å². The van der Waals surface area contributed by atoms with Crippen LogP contribution in [0.5, 0.6) is 0 Å². The van der Waals surface area contributed by atoms with Gasteiger partial charge in [0.1, 0.15) is 0 Å². The number of amides is 1. The molecule has 0 saturated carbocycles. The molecule has 0 N–H and O–H groups in total. The van der Waals surface area contributed by atoms with Gasteiger partial charge in [-0.1, -0.05) is 96.7 Å². The summed E-state index contributed by atoms with van der Waals surface area (Å²) in [6.07, 6.45) is 1.80. The molecule has 4 nitrogen and oxygen atoms in total. The maximum absolute atomic E-state index is 13.4. The second kappa shape index (κ2) is 8.65. The summed E-state index contributed by atoms with van der Waals surface area (Å²) in [5.41, 5.74) is 2.03. The van der Waals surface area contributed by atoms with E-state index in [1.54, 1.807) is 24.3 Å². The number of para-hydroxylation sites is 1. The maximum Gasteiger partial charge on any atom is 0.285 e. The Morgan fingerprint density at radius 1 is 0.781 bits per heavy atom. The van der Waals surface area contributed by atoms with Crippen molar-refractivity contribution in [3.63, 3.8) is 0 Å². The summed E-state index contributed by atoms with van der Waals surface area (Å²) in [4.78, 5) is 27.1. The number of hydrazone groups is 1. The zero-order valence-electron chi connectivity index (χ0n) is 17.0. The normalized spacial score (nSPS) is 15.1. The molecule has 5 rings (SSSR count). The Hall–Kier alpha value is -3.96. The number of nitrogens with zero attached hydrogens (tertiary/aromatic N) is 2. The summed E-state index contributed by atoms with van der Waals surface area (Å²) in [6, 6.07) is 32.2. The van der Waals surface area contributed by atoms with Gasteiger partial charge in [0.2, 0.25) is 5.78 Å². The van der Waals surface area contributed by atoms with Gasteiger partial charge in [0.15, 0.2) is 5.04 Å². The topological polar surface area (TPSA) is 49.7 Å². The van der Waals surface area contributed by atoms with Crippen LogP contribution in [-0.2, 0) is 4.79 Å². The lowest BCUT2D eigenvalue weighted by molar-refractivity contribution is -0.114. The number of fused-ring (bicyclic) bond motifs is 1. The maximum atomic E-state index is 13.4. The highest BCUT2D eigenvalue weighted by atomic mass is 32.2. The average molecular weight is 435 g/mol. The van der Waals surface area contributed by atoms with E-state index in [0.717, 1.165) is 28.1 Å². The van der Waals surface area contributed by atoms with E-state index in [2.05, 4.69) is 5.10 Å². The van der Waals surface area contributed by atoms with E-state index < -0.39 is 0 Å². The van der Waals surface area contributed by atoms with Gasteiger partial charge in [0.05, 0.1) is 10.6 Å². The van der Waals surface area contributed by atoms with Crippen molar-refractivity contribution in [2.75, 3.05) is 5.01 Å². The number of carbonyl (C=O) groups is 2. The molecule has 32 heavy (non-hydrogen) atoms. The smallest absolute Gasteiger partial charge is 0.285 e. The molecule has 154 valence electrons. The van der Waals surface area contributed by atoms with E-state index in [-0.39, 0.29) is 16.7 Å². The van der Waals surface area contributed by atoms with Crippen molar-refractivity contribution in [3.05, 3.63) is 119 Å². The minimum atomic E-state index is -0.264. The van der Waals surface area contributed by atoms with Gasteiger partial charge in [-0.3, -0.25) is 9.59 Å². The molecule has 0 bridgehead atoms. The van der Waals surface area contributed by atoms with E-state index in [1.807, 2.05) is 84.9 Å². The molecule has 0 aromatic heterocycles. The van der Waals surface area contributed by atoms with E-state index in [4.69, 9.17) is 0 Å². The van der Waals surface area contributed by atoms with Gasteiger partial charge in [-0.2, -0.15) is 10.1 Å². The molecule has 1 amide bonds. The van der Waals surface area contributed by atoms with Crippen molar-refractivity contribution in [1.29, 1.82) is 0 Å². The standard InChI is InChI=1S/C27H18N2O2S/c30-25(22-16-15-20-11-7-8-12-21(20)18-22)26-28-29(23-13-5-2-6-14-23)27(31)24(32-26)17-19-9-3-1-4-10-19/h1-18H. The van der Waals surface area contributed by atoms with Crippen molar-refractivity contribution >= 4 is 51.0 Å². The van der Waals surface area contributed by atoms with Crippen LogP contribution in [0.25, 0.3) is 16.8 Å². The van der Waals surface area contributed by atoms with Gasteiger partial charge in [-0.25, -0.2) is 0 Å². The molecular formula is C27H18N2O2S. The molecule has 0 saturated heterocycles. The van der Waals surface area contributed by atoms with Crippen LogP contribution in [0, 0.1) is 0 Å². The summed E-state index contributed by atoms with van der Waals surface area (Å²) < 4.78 is 0. The number of anilines is 1. The quantitative estimate of drug-likeness (QED) is 0.286. The number of carbonyl (C=O) groups excluding carboxylic acids is 2. The first kappa shape index (κ1) is 20.0. The Bertz CT molecular complexity index is 1380. The first-order valence-electron chi connectivity index (χ1n) is 10.2. The monoisotopic (exact) mass is 434 g/mol. The van der Waals surface area contributed by atoms with Crippen LogP contribution in [0.2, 0.25) is 0 Å². The van der Waals surface area contributed by atoms with Crippen molar-refractivity contribution in [3.8, 4) is 0 Å². The molecule has 4 aromatic rings. The van der Waals surface area contributed by atoms with Gasteiger partial charge >= 0.3 is 0 Å². The fraction of sp³-hybridized carbons (Fsp3) is 0. The molecule has 0 unspecified atom stereocenters. The number of rotatable bonds is 4. The third-order valence-electron chi connectivity index (χ3n) is 5.10. The van der Waals surface area contributed by atoms with Gasteiger partial charge in [0.25, 0.3) is 5.91 Å². The third kappa shape index (κ3) is 3.98. The minimum absolute atomic E-state index is 0.215. The second-order valence-electron chi connectivity index (χ2n) is 7.27. The largest absolute Gasteiger partial charge is 0.286 e. The molecule has 0 spiro atoms. The van der Waals surface area contributed by atoms with Crippen LogP contribution in [0.1, 0.15) is 15.9 Å². The van der Waals surface area contributed by atoms with Gasteiger partial charge < -0.3 is 0 Å². The third-order valence-corrected chi connectivity index (χ3v) is 6.08. The Labute approximate surface area is 189 Å². The molecule has 4 aromatic carbocycles. The predicted molar refractivity (Wildman–Crippen MR) is 132 cm³/mol. The lowest BCUT2D eigenvalue weighted by atomic mass is 10.0. The number of hydrogen-bond donors (Lipinski definition) is 0. The Morgan fingerprint density at radius 3 is 2.19 bits per heavy atom. The van der Waals surface area contributed by atoms with Crippen LogP contribution in [0.15, 0.2) is 113 Å². The van der Waals surface area contributed by atoms with E-state index >= 15 is 0 Å². The van der Waals surface area contributed by atoms with Gasteiger partial charge in [0, 0.05) is 5.56 Å². The summed E-state index contributed by atoms with van der Waals surface area (Å²) in [5, 5.41) is 8.06. The van der Waals surface area contributed by atoms with Crippen molar-refractivity contribution in [1.82, 2.24) is 0 Å². The summed E-state index contributed by atoms with van der Waals surface area (Å²) in [7, 11) is 0. The van der Waals surface area contributed by atoms with Crippen LogP contribution in [0.3, 0.4) is 0 Å². The molecule has 1 aliphatic heterocycles. The summed E-state index contributed by atoms with van der Waals surface area (Å²) >= 11 is 1.11. The SMILES string of the molecule is O=C(C1=NN(c2ccccc2)C(=O)C(=Cc2ccccc2)S1)c1ccc2ccccc2c1. The molecule has 5 heteroatoms. The van der Waals surface area contributed by atoms with Crippen molar-refractivity contribution in [2.24, 2.45) is 5.10 Å². The Kier molecular flexibility index (Phi) is 5.40.